The molecule has 140 valence electrons. The summed E-state index contributed by atoms with van der Waals surface area (Å²) in [5.74, 6) is -0.158. The Morgan fingerprint density at radius 1 is 1.35 bits per heavy atom. The summed E-state index contributed by atoms with van der Waals surface area (Å²) in [6.07, 6.45) is 2.98. The summed E-state index contributed by atoms with van der Waals surface area (Å²) in [4.78, 5) is 11.8. The third-order valence-corrected chi connectivity index (χ3v) is 6.15. The average Bonchev–Trinajstić information content (AvgIpc) is 2.63. The number of benzene rings is 1. The Balaban J connectivity index is 2.08. The number of esters is 1. The molecule has 1 fully saturated rings. The summed E-state index contributed by atoms with van der Waals surface area (Å²) in [5.41, 5.74) is 0.402. The van der Waals surface area contributed by atoms with Crippen molar-refractivity contribution in [2.24, 2.45) is 5.92 Å². The van der Waals surface area contributed by atoms with Crippen LogP contribution in [0.25, 0.3) is 0 Å². The van der Waals surface area contributed by atoms with Crippen molar-refractivity contribution in [2.75, 3.05) is 25.0 Å². The van der Waals surface area contributed by atoms with Crippen LogP contribution in [0.1, 0.15) is 26.7 Å². The Hall–Kier alpha value is -2.37. The van der Waals surface area contributed by atoms with Crippen molar-refractivity contribution in [1.29, 1.82) is 5.26 Å². The van der Waals surface area contributed by atoms with Crippen molar-refractivity contribution >= 4 is 21.7 Å². The smallest absolute Gasteiger partial charge is 0.350 e. The zero-order valence-corrected chi connectivity index (χ0v) is 15.8. The molecule has 26 heavy (non-hydrogen) atoms. The lowest BCUT2D eigenvalue weighted by atomic mass is 10.0. The van der Waals surface area contributed by atoms with Crippen LogP contribution in [0.4, 0.5) is 5.69 Å². The Morgan fingerprint density at radius 3 is 2.50 bits per heavy atom. The number of sulfonamides is 1. The maximum Gasteiger partial charge on any atom is 0.350 e. The quantitative estimate of drug-likeness (QED) is 0.464. The highest BCUT2D eigenvalue weighted by atomic mass is 32.2. The van der Waals surface area contributed by atoms with E-state index in [4.69, 9.17) is 10.00 Å². The van der Waals surface area contributed by atoms with Gasteiger partial charge in [-0.2, -0.15) is 9.57 Å². The Morgan fingerprint density at radius 2 is 1.96 bits per heavy atom. The molecule has 2 rings (SSSR count). The molecule has 1 saturated heterocycles. The molecule has 0 spiro atoms. The van der Waals surface area contributed by atoms with Gasteiger partial charge in [0, 0.05) is 25.0 Å². The zero-order valence-electron chi connectivity index (χ0n) is 14.9. The zero-order chi connectivity index (χ0) is 19.2. The van der Waals surface area contributed by atoms with Gasteiger partial charge in [0.1, 0.15) is 6.07 Å². The second-order valence-corrected chi connectivity index (χ2v) is 8.08. The predicted octanol–water partition coefficient (Wildman–Crippen LogP) is 2.49. The molecule has 1 aliphatic rings. The molecule has 0 saturated carbocycles. The van der Waals surface area contributed by atoms with Crippen molar-refractivity contribution in [3.8, 4) is 6.07 Å². The van der Waals surface area contributed by atoms with Gasteiger partial charge in [0.25, 0.3) is 0 Å². The van der Waals surface area contributed by atoms with Gasteiger partial charge in [0.05, 0.1) is 11.5 Å². The largest absolute Gasteiger partial charge is 0.462 e. The first-order chi connectivity index (χ1) is 12.4. The molecular formula is C18H23N3O4S. The van der Waals surface area contributed by atoms with E-state index in [1.165, 1.54) is 22.6 Å². The van der Waals surface area contributed by atoms with Crippen LogP contribution >= 0.6 is 0 Å². The number of nitrogens with one attached hydrogen (secondary N) is 1. The van der Waals surface area contributed by atoms with E-state index in [1.807, 2.05) is 0 Å². The summed E-state index contributed by atoms with van der Waals surface area (Å²) in [5, 5.41) is 11.8. The minimum atomic E-state index is -3.50. The lowest BCUT2D eigenvalue weighted by Crippen LogP contribution is -2.37. The molecule has 0 unspecified atom stereocenters. The molecule has 0 bridgehead atoms. The Bertz CT molecular complexity index is 802. The van der Waals surface area contributed by atoms with Gasteiger partial charge in [-0.15, -0.1) is 0 Å². The number of hydrogen-bond donors (Lipinski definition) is 1. The van der Waals surface area contributed by atoms with Crippen LogP contribution < -0.4 is 5.32 Å². The van der Waals surface area contributed by atoms with Gasteiger partial charge in [-0.1, -0.05) is 6.92 Å². The molecule has 8 heteroatoms. The van der Waals surface area contributed by atoms with Crippen molar-refractivity contribution in [1.82, 2.24) is 4.31 Å². The molecule has 0 amide bonds. The van der Waals surface area contributed by atoms with Gasteiger partial charge < -0.3 is 10.1 Å². The van der Waals surface area contributed by atoms with Crippen LogP contribution in [0.3, 0.4) is 0 Å². The van der Waals surface area contributed by atoms with Gasteiger partial charge in [-0.25, -0.2) is 13.2 Å². The van der Waals surface area contributed by atoms with E-state index in [0.717, 1.165) is 12.8 Å². The van der Waals surface area contributed by atoms with Gasteiger partial charge in [-0.05, 0) is 49.9 Å². The predicted molar refractivity (Wildman–Crippen MR) is 97.6 cm³/mol. The molecule has 0 atom stereocenters. The van der Waals surface area contributed by atoms with E-state index < -0.39 is 16.0 Å². The standard InChI is InChI=1S/C18H23N3O4S/c1-3-25-18(22)15(12-19)13-20-16-4-6-17(7-5-16)26(23,24)21-10-8-14(2)9-11-21/h4-7,13-14,20H,3,8-11H2,1-2H3/b15-13-. The molecular weight excluding hydrogens is 354 g/mol. The lowest BCUT2D eigenvalue weighted by molar-refractivity contribution is -0.138. The van der Waals surface area contributed by atoms with Crippen molar-refractivity contribution in [3.63, 3.8) is 0 Å². The molecule has 1 N–H and O–H groups in total. The fourth-order valence-electron chi connectivity index (χ4n) is 2.60. The van der Waals surface area contributed by atoms with Crippen LogP contribution in [-0.2, 0) is 19.6 Å². The monoisotopic (exact) mass is 377 g/mol. The summed E-state index contributed by atoms with van der Waals surface area (Å²) >= 11 is 0. The van der Waals surface area contributed by atoms with Crippen LogP contribution in [0.15, 0.2) is 40.9 Å². The average molecular weight is 377 g/mol. The summed E-state index contributed by atoms with van der Waals surface area (Å²) < 4.78 is 31.6. The van der Waals surface area contributed by atoms with E-state index in [-0.39, 0.29) is 17.1 Å². The van der Waals surface area contributed by atoms with Crippen LogP contribution in [-0.4, -0.2) is 38.4 Å². The number of nitrogens with zero attached hydrogens (tertiary/aromatic N) is 2. The molecule has 0 aliphatic carbocycles. The van der Waals surface area contributed by atoms with E-state index >= 15 is 0 Å². The maximum atomic E-state index is 12.7. The van der Waals surface area contributed by atoms with Crippen molar-refractivity contribution < 1.29 is 17.9 Å². The van der Waals surface area contributed by atoms with Crippen molar-refractivity contribution in [3.05, 3.63) is 36.0 Å². The number of hydrogen-bond acceptors (Lipinski definition) is 6. The van der Waals surface area contributed by atoms with E-state index in [2.05, 4.69) is 12.2 Å². The molecule has 7 nitrogen and oxygen atoms in total. The Kier molecular flexibility index (Phi) is 6.77. The number of ether oxygens (including phenoxy) is 1. The second kappa shape index (κ2) is 8.83. The van der Waals surface area contributed by atoms with Crippen molar-refractivity contribution in [2.45, 2.75) is 31.6 Å². The van der Waals surface area contributed by atoms with E-state index in [1.54, 1.807) is 25.1 Å². The first-order valence-electron chi connectivity index (χ1n) is 8.52. The topological polar surface area (TPSA) is 99.5 Å². The number of nitriles is 1. The molecule has 1 aliphatic heterocycles. The number of piperidine rings is 1. The first-order valence-corrected chi connectivity index (χ1v) is 9.96. The van der Waals surface area contributed by atoms with Gasteiger partial charge in [-0.3, -0.25) is 0 Å². The van der Waals surface area contributed by atoms with Crippen LogP contribution in [0, 0.1) is 17.2 Å². The molecule has 1 aromatic carbocycles. The highest BCUT2D eigenvalue weighted by Crippen LogP contribution is 2.24. The van der Waals surface area contributed by atoms with Crippen LogP contribution in [0.2, 0.25) is 0 Å². The fraction of sp³-hybridized carbons (Fsp3) is 0.444. The van der Waals surface area contributed by atoms with Crippen LogP contribution in [0.5, 0.6) is 0 Å². The minimum absolute atomic E-state index is 0.161. The van der Waals surface area contributed by atoms with E-state index in [9.17, 15) is 13.2 Å². The number of anilines is 1. The highest BCUT2D eigenvalue weighted by molar-refractivity contribution is 7.89. The normalized spacial score (nSPS) is 16.7. The Labute approximate surface area is 154 Å². The lowest BCUT2D eigenvalue weighted by Gasteiger charge is -2.29. The summed E-state index contributed by atoms with van der Waals surface area (Å²) in [6, 6.07) is 7.97. The molecule has 1 heterocycles. The molecule has 0 aromatic heterocycles. The summed E-state index contributed by atoms with van der Waals surface area (Å²) in [7, 11) is -3.50. The third-order valence-electron chi connectivity index (χ3n) is 4.23. The fourth-order valence-corrected chi connectivity index (χ4v) is 4.07. The SMILES string of the molecule is CCOC(=O)/C(C#N)=C\Nc1ccc(S(=O)(=O)N2CCC(C)CC2)cc1. The number of rotatable bonds is 6. The van der Waals surface area contributed by atoms with Gasteiger partial charge in [0.2, 0.25) is 10.0 Å². The molecule has 1 aromatic rings. The summed E-state index contributed by atoms with van der Waals surface area (Å²) in [6.45, 7) is 5.04. The second-order valence-electron chi connectivity index (χ2n) is 6.15. The number of carbonyl (C=O) groups excluding carboxylic acids is 1. The maximum absolute atomic E-state index is 12.7. The first kappa shape index (κ1) is 19.9. The minimum Gasteiger partial charge on any atom is -0.462 e. The third kappa shape index (κ3) is 4.84. The highest BCUT2D eigenvalue weighted by Gasteiger charge is 2.27. The van der Waals surface area contributed by atoms with Gasteiger partial charge >= 0.3 is 5.97 Å². The van der Waals surface area contributed by atoms with E-state index in [0.29, 0.717) is 24.7 Å². The van der Waals surface area contributed by atoms with Gasteiger partial charge in [0.15, 0.2) is 5.57 Å². The molecule has 0 radical (unpaired) electrons. The number of carbonyl (C=O) groups is 1.